The summed E-state index contributed by atoms with van der Waals surface area (Å²) < 4.78 is 4.99. The molecular formula is C16H16N2O5. The first-order chi connectivity index (χ1) is 11.0. The molecule has 0 aliphatic carbocycles. The van der Waals surface area contributed by atoms with Crippen molar-refractivity contribution in [2.24, 2.45) is 0 Å². The second-order valence-corrected chi connectivity index (χ2v) is 4.86. The van der Waals surface area contributed by atoms with Crippen molar-refractivity contribution >= 4 is 12.1 Å². The number of nitrogens with one attached hydrogen (secondary N) is 2. The van der Waals surface area contributed by atoms with Crippen LogP contribution in [0.1, 0.15) is 11.1 Å². The molecule has 0 aliphatic rings. The minimum absolute atomic E-state index is 0.0343. The van der Waals surface area contributed by atoms with Gasteiger partial charge in [0.15, 0.2) is 0 Å². The number of ether oxygens (including phenoxy) is 1. The molecule has 1 aromatic heterocycles. The Balaban J connectivity index is 1.90. The van der Waals surface area contributed by atoms with E-state index in [0.717, 1.165) is 5.56 Å². The van der Waals surface area contributed by atoms with E-state index in [1.54, 1.807) is 12.1 Å². The first-order valence-corrected chi connectivity index (χ1v) is 6.92. The van der Waals surface area contributed by atoms with E-state index in [0.29, 0.717) is 5.56 Å². The van der Waals surface area contributed by atoms with Crippen LogP contribution in [-0.4, -0.2) is 28.2 Å². The zero-order chi connectivity index (χ0) is 16.7. The molecule has 1 heterocycles. The molecule has 0 bridgehead atoms. The Morgan fingerprint density at radius 3 is 2.48 bits per heavy atom. The lowest BCUT2D eigenvalue weighted by atomic mass is 10.1. The molecule has 0 fully saturated rings. The second kappa shape index (κ2) is 7.79. The van der Waals surface area contributed by atoms with Crippen LogP contribution in [-0.2, 0) is 22.6 Å². The normalized spacial score (nSPS) is 11.5. The molecule has 1 aromatic carbocycles. The van der Waals surface area contributed by atoms with E-state index in [-0.39, 0.29) is 18.6 Å². The van der Waals surface area contributed by atoms with Crippen LogP contribution in [0, 0.1) is 0 Å². The molecule has 120 valence electrons. The van der Waals surface area contributed by atoms with Crippen molar-refractivity contribution in [2.45, 2.75) is 19.1 Å². The van der Waals surface area contributed by atoms with E-state index < -0.39 is 18.1 Å². The summed E-state index contributed by atoms with van der Waals surface area (Å²) in [6.07, 6.45) is 0.632. The quantitative estimate of drug-likeness (QED) is 0.744. The monoisotopic (exact) mass is 316 g/mol. The van der Waals surface area contributed by atoms with Gasteiger partial charge in [-0.15, -0.1) is 0 Å². The van der Waals surface area contributed by atoms with Gasteiger partial charge in [-0.1, -0.05) is 36.4 Å². The fraction of sp³-hybridized carbons (Fsp3) is 0.188. The highest BCUT2D eigenvalue weighted by Crippen LogP contribution is 2.03. The Bertz CT molecular complexity index is 706. The maximum atomic E-state index is 11.7. The average molecular weight is 316 g/mol. The summed E-state index contributed by atoms with van der Waals surface area (Å²) in [5.41, 5.74) is 1.10. The Labute approximate surface area is 131 Å². The molecule has 0 aliphatic heterocycles. The van der Waals surface area contributed by atoms with Gasteiger partial charge in [-0.05, 0) is 11.1 Å². The molecule has 1 amide bonds. The van der Waals surface area contributed by atoms with Crippen LogP contribution in [0.25, 0.3) is 0 Å². The Morgan fingerprint density at radius 1 is 1.13 bits per heavy atom. The zero-order valence-corrected chi connectivity index (χ0v) is 12.2. The van der Waals surface area contributed by atoms with Crippen molar-refractivity contribution in [2.75, 3.05) is 0 Å². The minimum atomic E-state index is -1.19. The van der Waals surface area contributed by atoms with Crippen molar-refractivity contribution in [3.8, 4) is 0 Å². The molecule has 2 rings (SSSR count). The third-order valence-electron chi connectivity index (χ3n) is 3.09. The molecule has 1 unspecified atom stereocenters. The lowest BCUT2D eigenvalue weighted by Gasteiger charge is -2.14. The number of aliphatic carboxylic acids is 1. The number of rotatable bonds is 6. The lowest BCUT2D eigenvalue weighted by Crippen LogP contribution is -2.42. The van der Waals surface area contributed by atoms with Gasteiger partial charge in [0.1, 0.15) is 12.6 Å². The number of carboxylic acids is 1. The van der Waals surface area contributed by atoms with E-state index >= 15 is 0 Å². The Hall–Kier alpha value is -3.09. The molecule has 23 heavy (non-hydrogen) atoms. The SMILES string of the molecule is O=C(NC(Cc1ccc(=O)[nH]c1)C(=O)O)OCc1ccccc1. The highest BCUT2D eigenvalue weighted by Gasteiger charge is 2.21. The topological polar surface area (TPSA) is 108 Å². The summed E-state index contributed by atoms with van der Waals surface area (Å²) in [5.74, 6) is -1.19. The maximum Gasteiger partial charge on any atom is 0.408 e. The van der Waals surface area contributed by atoms with Gasteiger partial charge < -0.3 is 20.1 Å². The fourth-order valence-electron chi connectivity index (χ4n) is 1.91. The number of alkyl carbamates (subject to hydrolysis) is 1. The van der Waals surface area contributed by atoms with Gasteiger partial charge in [-0.25, -0.2) is 9.59 Å². The second-order valence-electron chi connectivity index (χ2n) is 4.86. The van der Waals surface area contributed by atoms with Crippen molar-refractivity contribution < 1.29 is 19.4 Å². The minimum Gasteiger partial charge on any atom is -0.480 e. The third kappa shape index (κ3) is 5.31. The standard InChI is InChI=1S/C16H16N2O5/c19-14-7-6-12(9-17-14)8-13(15(20)21)18-16(22)23-10-11-4-2-1-3-5-11/h1-7,9,13H,8,10H2,(H,17,19)(H,18,22)(H,20,21). The number of amides is 1. The number of aromatic nitrogens is 1. The zero-order valence-electron chi connectivity index (χ0n) is 12.2. The number of carbonyl (C=O) groups is 2. The summed E-state index contributed by atoms with van der Waals surface area (Å²) in [7, 11) is 0. The van der Waals surface area contributed by atoms with Crippen LogP contribution in [0.3, 0.4) is 0 Å². The molecule has 0 saturated heterocycles. The summed E-state index contributed by atoms with van der Waals surface area (Å²) in [4.78, 5) is 36.4. The van der Waals surface area contributed by atoms with Crippen LogP contribution in [0.2, 0.25) is 0 Å². The molecule has 3 N–H and O–H groups in total. The number of carbonyl (C=O) groups excluding carboxylic acids is 1. The lowest BCUT2D eigenvalue weighted by molar-refractivity contribution is -0.139. The summed E-state index contributed by atoms with van der Waals surface area (Å²) in [6, 6.07) is 10.7. The molecule has 2 aromatic rings. The van der Waals surface area contributed by atoms with Gasteiger partial charge >= 0.3 is 12.1 Å². The van der Waals surface area contributed by atoms with Gasteiger partial charge in [0.05, 0.1) is 0 Å². The molecule has 7 nitrogen and oxygen atoms in total. The molecule has 0 spiro atoms. The molecule has 1 atom stereocenters. The van der Waals surface area contributed by atoms with Gasteiger partial charge in [0.25, 0.3) is 0 Å². The van der Waals surface area contributed by atoms with Crippen molar-refractivity contribution in [1.29, 1.82) is 0 Å². The Morgan fingerprint density at radius 2 is 1.87 bits per heavy atom. The van der Waals surface area contributed by atoms with Crippen LogP contribution >= 0.6 is 0 Å². The number of pyridine rings is 1. The van der Waals surface area contributed by atoms with Crippen LogP contribution in [0.5, 0.6) is 0 Å². The predicted molar refractivity (Wildman–Crippen MR) is 82.0 cm³/mol. The maximum absolute atomic E-state index is 11.7. The van der Waals surface area contributed by atoms with E-state index in [1.807, 2.05) is 18.2 Å². The van der Waals surface area contributed by atoms with Crippen molar-refractivity contribution in [3.63, 3.8) is 0 Å². The molecule has 0 radical (unpaired) electrons. The van der Waals surface area contributed by atoms with Gasteiger partial charge in [-0.3, -0.25) is 4.79 Å². The first-order valence-electron chi connectivity index (χ1n) is 6.92. The highest BCUT2D eigenvalue weighted by molar-refractivity contribution is 5.80. The molecular weight excluding hydrogens is 300 g/mol. The number of aromatic amines is 1. The van der Waals surface area contributed by atoms with E-state index in [4.69, 9.17) is 4.74 Å². The van der Waals surface area contributed by atoms with Gasteiger partial charge in [0.2, 0.25) is 5.56 Å². The number of benzene rings is 1. The summed E-state index contributed by atoms with van der Waals surface area (Å²) in [6.45, 7) is 0.0532. The summed E-state index contributed by atoms with van der Waals surface area (Å²) >= 11 is 0. The Kier molecular flexibility index (Phi) is 5.51. The smallest absolute Gasteiger partial charge is 0.408 e. The molecule has 0 saturated carbocycles. The largest absolute Gasteiger partial charge is 0.480 e. The van der Waals surface area contributed by atoms with Crippen LogP contribution < -0.4 is 10.9 Å². The van der Waals surface area contributed by atoms with Gasteiger partial charge in [-0.2, -0.15) is 0 Å². The fourth-order valence-corrected chi connectivity index (χ4v) is 1.91. The number of hydrogen-bond donors (Lipinski definition) is 3. The van der Waals surface area contributed by atoms with Crippen LogP contribution in [0.15, 0.2) is 53.5 Å². The number of H-pyrrole nitrogens is 1. The van der Waals surface area contributed by atoms with Gasteiger partial charge in [0, 0.05) is 18.7 Å². The van der Waals surface area contributed by atoms with Crippen molar-refractivity contribution in [1.82, 2.24) is 10.3 Å². The summed E-state index contributed by atoms with van der Waals surface area (Å²) in [5, 5.41) is 11.5. The van der Waals surface area contributed by atoms with Crippen molar-refractivity contribution in [3.05, 3.63) is 70.1 Å². The predicted octanol–water partition coefficient (Wildman–Crippen LogP) is 1.30. The number of hydrogen-bond acceptors (Lipinski definition) is 4. The average Bonchev–Trinajstić information content (AvgIpc) is 2.55. The van der Waals surface area contributed by atoms with Crippen LogP contribution in [0.4, 0.5) is 4.79 Å². The first kappa shape index (κ1) is 16.3. The van der Waals surface area contributed by atoms with E-state index in [2.05, 4.69) is 10.3 Å². The van der Waals surface area contributed by atoms with E-state index in [1.165, 1.54) is 18.3 Å². The highest BCUT2D eigenvalue weighted by atomic mass is 16.5. The number of carboxylic acid groups (broad SMARTS) is 1. The molecule has 7 heteroatoms. The van der Waals surface area contributed by atoms with E-state index in [9.17, 15) is 19.5 Å². The third-order valence-corrected chi connectivity index (χ3v) is 3.09.